The normalized spacial score (nSPS) is 9.20. The average Bonchev–Trinajstić information content (AvgIpc) is 2.20. The van der Waals surface area contributed by atoms with Gasteiger partial charge in [-0.25, -0.2) is 4.79 Å². The molecule has 0 unspecified atom stereocenters. The Bertz CT molecular complexity index is 338. The van der Waals surface area contributed by atoms with E-state index in [1.54, 1.807) is 12.1 Å². The van der Waals surface area contributed by atoms with E-state index in [1.165, 1.54) is 6.07 Å². The Morgan fingerprint density at radius 2 is 2.13 bits per heavy atom. The number of rotatable bonds is 3. The summed E-state index contributed by atoms with van der Waals surface area (Å²) in [5, 5.41) is 17.8. The van der Waals surface area contributed by atoms with E-state index in [-0.39, 0.29) is 40.9 Å². The number of aromatic hydroxyl groups is 1. The van der Waals surface area contributed by atoms with Crippen LogP contribution in [0.15, 0.2) is 18.2 Å². The fourth-order valence-corrected chi connectivity index (χ4v) is 1.28. The first-order chi connectivity index (χ1) is 6.70. The van der Waals surface area contributed by atoms with Gasteiger partial charge in [-0.2, -0.15) is 5.26 Å². The number of carbonyl (C=O) groups excluding carboxylic acids is 1. The summed E-state index contributed by atoms with van der Waals surface area (Å²) in [6.45, 7) is 1.97. The second-order valence-corrected chi connectivity index (χ2v) is 2.94. The van der Waals surface area contributed by atoms with Crippen molar-refractivity contribution in [1.82, 2.24) is 0 Å². The van der Waals surface area contributed by atoms with Crippen molar-refractivity contribution in [3.63, 3.8) is 0 Å². The van der Waals surface area contributed by atoms with E-state index in [1.807, 2.05) is 6.92 Å². The second-order valence-electron chi connectivity index (χ2n) is 2.94. The second kappa shape index (κ2) is 6.85. The molecule has 0 aliphatic rings. The van der Waals surface area contributed by atoms with Crippen LogP contribution in [0.4, 0.5) is 0 Å². The summed E-state index contributed by atoms with van der Waals surface area (Å²) in [5.41, 5.74) is 0.661. The Morgan fingerprint density at radius 1 is 1.47 bits per heavy atom. The van der Waals surface area contributed by atoms with Gasteiger partial charge in [0, 0.05) is 0 Å². The SMILES string of the molecule is CCCc1cccc(C(=O)OO)c1O.[NaH]. The molecule has 0 saturated carbocycles. The van der Waals surface area contributed by atoms with E-state index in [2.05, 4.69) is 4.89 Å². The predicted octanol–water partition coefficient (Wildman–Crippen LogP) is 1.33. The molecule has 5 heteroatoms. The zero-order valence-electron chi connectivity index (χ0n) is 7.86. The van der Waals surface area contributed by atoms with Crippen molar-refractivity contribution in [2.45, 2.75) is 19.8 Å². The standard InChI is InChI=1S/C10H12O4.Na.H/c1-2-4-7-5-3-6-8(9(7)11)10(12)14-13;;/h3,5-6,11,13H,2,4H2,1H3;;. The number of benzene rings is 1. The van der Waals surface area contributed by atoms with Crippen molar-refractivity contribution >= 4 is 35.5 Å². The van der Waals surface area contributed by atoms with E-state index in [0.717, 1.165) is 6.42 Å². The number of hydrogen-bond donors (Lipinski definition) is 2. The summed E-state index contributed by atoms with van der Waals surface area (Å²) >= 11 is 0. The van der Waals surface area contributed by atoms with Crippen LogP contribution >= 0.6 is 0 Å². The third-order valence-electron chi connectivity index (χ3n) is 1.94. The first-order valence-corrected chi connectivity index (χ1v) is 4.37. The minimum absolute atomic E-state index is 0. The Balaban J connectivity index is 0.00000196. The summed E-state index contributed by atoms with van der Waals surface area (Å²) in [7, 11) is 0. The van der Waals surface area contributed by atoms with Gasteiger partial charge in [-0.3, -0.25) is 4.89 Å². The molecule has 0 saturated heterocycles. The molecule has 0 amide bonds. The van der Waals surface area contributed by atoms with Crippen LogP contribution in [0.1, 0.15) is 29.3 Å². The molecule has 0 spiro atoms. The molecule has 0 bridgehead atoms. The van der Waals surface area contributed by atoms with E-state index in [0.29, 0.717) is 12.0 Å². The molecule has 2 N–H and O–H groups in total. The molecule has 0 aliphatic heterocycles. The quantitative estimate of drug-likeness (QED) is 0.458. The van der Waals surface area contributed by atoms with E-state index in [4.69, 9.17) is 5.26 Å². The summed E-state index contributed by atoms with van der Waals surface area (Å²) in [6.07, 6.45) is 1.55. The topological polar surface area (TPSA) is 66.8 Å². The van der Waals surface area contributed by atoms with Crippen LogP contribution in [-0.2, 0) is 11.3 Å². The van der Waals surface area contributed by atoms with Crippen molar-refractivity contribution in [3.8, 4) is 5.75 Å². The van der Waals surface area contributed by atoms with Crippen LogP contribution in [0.5, 0.6) is 5.75 Å². The van der Waals surface area contributed by atoms with E-state index >= 15 is 0 Å². The van der Waals surface area contributed by atoms with Gasteiger partial charge in [0.15, 0.2) is 0 Å². The Hall–Kier alpha value is -0.550. The molecule has 1 rings (SSSR count). The molecule has 1 aromatic carbocycles. The van der Waals surface area contributed by atoms with Crippen LogP contribution < -0.4 is 0 Å². The number of aryl methyl sites for hydroxylation is 1. The molecule has 1 aromatic rings. The number of carbonyl (C=O) groups is 1. The Labute approximate surface area is 110 Å². The minimum atomic E-state index is -0.944. The van der Waals surface area contributed by atoms with Gasteiger partial charge in [0.2, 0.25) is 0 Å². The number of hydrogen-bond acceptors (Lipinski definition) is 4. The molecular formula is C10H13NaO4. The molecule has 0 atom stereocenters. The third kappa shape index (κ3) is 3.50. The number of phenols is 1. The fourth-order valence-electron chi connectivity index (χ4n) is 1.28. The summed E-state index contributed by atoms with van der Waals surface area (Å²) in [6, 6.07) is 4.76. The van der Waals surface area contributed by atoms with Crippen LogP contribution in [0.3, 0.4) is 0 Å². The maximum absolute atomic E-state index is 11.0. The van der Waals surface area contributed by atoms with E-state index < -0.39 is 5.97 Å². The zero-order chi connectivity index (χ0) is 10.6. The summed E-state index contributed by atoms with van der Waals surface area (Å²) in [4.78, 5) is 14.5. The van der Waals surface area contributed by atoms with Crippen LogP contribution in [0, 0.1) is 0 Å². The number of phenolic OH excluding ortho intramolecular Hbond substituents is 1. The molecule has 0 radical (unpaired) electrons. The molecule has 0 fully saturated rings. The van der Waals surface area contributed by atoms with E-state index in [9.17, 15) is 9.90 Å². The molecule has 0 aromatic heterocycles. The van der Waals surface area contributed by atoms with Crippen molar-refractivity contribution in [3.05, 3.63) is 29.3 Å². The Morgan fingerprint density at radius 3 is 2.67 bits per heavy atom. The first-order valence-electron chi connectivity index (χ1n) is 4.37. The van der Waals surface area contributed by atoms with Crippen LogP contribution in [0.25, 0.3) is 0 Å². The average molecular weight is 220 g/mol. The fraction of sp³-hybridized carbons (Fsp3) is 0.300. The van der Waals surface area contributed by atoms with Crippen molar-refractivity contribution in [2.75, 3.05) is 0 Å². The molecular weight excluding hydrogens is 207 g/mol. The van der Waals surface area contributed by atoms with Gasteiger partial charge in [0.1, 0.15) is 11.3 Å². The van der Waals surface area contributed by atoms with Crippen LogP contribution in [0.2, 0.25) is 0 Å². The number of para-hydroxylation sites is 1. The van der Waals surface area contributed by atoms with Gasteiger partial charge in [0.05, 0.1) is 0 Å². The van der Waals surface area contributed by atoms with Crippen molar-refractivity contribution in [2.24, 2.45) is 0 Å². The van der Waals surface area contributed by atoms with Gasteiger partial charge < -0.3 is 5.11 Å². The van der Waals surface area contributed by atoms with Gasteiger partial charge >= 0.3 is 35.5 Å². The molecule has 0 aliphatic carbocycles. The van der Waals surface area contributed by atoms with Crippen LogP contribution in [-0.4, -0.2) is 45.9 Å². The monoisotopic (exact) mass is 220 g/mol. The third-order valence-corrected chi connectivity index (χ3v) is 1.94. The predicted molar refractivity (Wildman–Crippen MR) is 57.3 cm³/mol. The summed E-state index contributed by atoms with van der Waals surface area (Å²) < 4.78 is 0. The first kappa shape index (κ1) is 14.5. The Kier molecular flexibility index (Phi) is 6.60. The van der Waals surface area contributed by atoms with Gasteiger partial charge in [-0.05, 0) is 18.1 Å². The van der Waals surface area contributed by atoms with Crippen molar-refractivity contribution < 1.29 is 20.0 Å². The molecule has 4 nitrogen and oxygen atoms in total. The van der Waals surface area contributed by atoms with Gasteiger partial charge in [-0.1, -0.05) is 25.5 Å². The molecule has 78 valence electrons. The van der Waals surface area contributed by atoms with Gasteiger partial charge in [0.25, 0.3) is 0 Å². The van der Waals surface area contributed by atoms with Crippen molar-refractivity contribution in [1.29, 1.82) is 0 Å². The molecule has 15 heavy (non-hydrogen) atoms. The van der Waals surface area contributed by atoms with Gasteiger partial charge in [-0.15, -0.1) is 0 Å². The maximum atomic E-state index is 11.0. The summed E-state index contributed by atoms with van der Waals surface area (Å²) in [5.74, 6) is -1.06. The zero-order valence-corrected chi connectivity index (χ0v) is 7.86. The molecule has 0 heterocycles.